The van der Waals surface area contributed by atoms with E-state index in [2.05, 4.69) is 97.1 Å². The Kier molecular flexibility index (Phi) is 4.72. The second-order valence-corrected chi connectivity index (χ2v) is 12.9. The van der Waals surface area contributed by atoms with E-state index < -0.39 is 0 Å². The molecule has 0 spiro atoms. The molecule has 10 rings (SSSR count). The van der Waals surface area contributed by atoms with Crippen molar-refractivity contribution in [2.45, 2.75) is 51.4 Å². The Hall–Kier alpha value is -4.42. The fourth-order valence-corrected chi connectivity index (χ4v) is 9.12. The number of hydrogen-bond donors (Lipinski definition) is 0. The third-order valence-corrected chi connectivity index (χ3v) is 10.9. The molecule has 0 saturated carbocycles. The average molecular weight is 537 g/mol. The molecule has 0 fully saturated rings. The highest BCUT2D eigenvalue weighted by Crippen LogP contribution is 2.43. The molecule has 4 aromatic rings. The zero-order valence-electron chi connectivity index (χ0n) is 23.9. The summed E-state index contributed by atoms with van der Waals surface area (Å²) in [5, 5.41) is 6.04. The average Bonchev–Trinajstić information content (AvgIpc) is 3.56. The van der Waals surface area contributed by atoms with Crippen LogP contribution in [0.4, 0.5) is 0 Å². The van der Waals surface area contributed by atoms with E-state index in [0.717, 1.165) is 38.5 Å². The van der Waals surface area contributed by atoms with Gasteiger partial charge in [-0.2, -0.15) is 0 Å². The molecule has 0 aliphatic heterocycles. The predicted molar refractivity (Wildman–Crippen MR) is 174 cm³/mol. The molecule has 0 amide bonds. The molecule has 6 aliphatic rings. The molecule has 0 N–H and O–H groups in total. The molecular formula is C42H32. The highest BCUT2D eigenvalue weighted by atomic mass is 14.3. The number of rotatable bonds is 2. The molecule has 0 radical (unpaired) electrons. The molecule has 0 bridgehead atoms. The van der Waals surface area contributed by atoms with Crippen LogP contribution in [0, 0.1) is 0 Å². The minimum absolute atomic E-state index is 1.16. The van der Waals surface area contributed by atoms with Crippen LogP contribution < -0.4 is 20.9 Å². The lowest BCUT2D eigenvalue weighted by Gasteiger charge is -2.27. The van der Waals surface area contributed by atoms with E-state index in [-0.39, 0.29) is 0 Å². The molecule has 4 aromatic carbocycles. The first kappa shape index (κ1) is 23.2. The smallest absolute Gasteiger partial charge is 0.00639 e. The maximum Gasteiger partial charge on any atom is -0.00639 e. The molecule has 0 nitrogen and oxygen atoms in total. The minimum atomic E-state index is 1.16. The highest BCUT2D eigenvalue weighted by Gasteiger charge is 2.28. The summed E-state index contributed by atoms with van der Waals surface area (Å²) < 4.78 is 0. The minimum Gasteiger partial charge on any atom is -0.0616 e. The van der Waals surface area contributed by atoms with E-state index >= 15 is 0 Å². The number of allylic oxidation sites excluding steroid dienone is 6. The SMILES string of the molecule is C1=C(C2=c3cccc4c3=C(CC2)c2ccccc2-4)CCC2=C1CCC(C1=c3cccc4c3=C(CC1)c1ccccc1-4)=C2. The van der Waals surface area contributed by atoms with E-state index in [9.17, 15) is 0 Å². The van der Waals surface area contributed by atoms with Crippen molar-refractivity contribution in [2.24, 2.45) is 0 Å². The Morgan fingerprint density at radius 2 is 0.714 bits per heavy atom. The Morgan fingerprint density at radius 1 is 0.310 bits per heavy atom. The van der Waals surface area contributed by atoms with Gasteiger partial charge in [0.1, 0.15) is 0 Å². The summed E-state index contributed by atoms with van der Waals surface area (Å²) >= 11 is 0. The summed E-state index contributed by atoms with van der Waals surface area (Å²) in [6.45, 7) is 0. The van der Waals surface area contributed by atoms with Gasteiger partial charge in [-0.05, 0) is 150 Å². The fourth-order valence-electron chi connectivity index (χ4n) is 9.12. The van der Waals surface area contributed by atoms with Crippen molar-refractivity contribution in [3.05, 3.63) is 151 Å². The van der Waals surface area contributed by atoms with Crippen molar-refractivity contribution in [1.82, 2.24) is 0 Å². The van der Waals surface area contributed by atoms with E-state index in [1.54, 1.807) is 44.6 Å². The van der Waals surface area contributed by atoms with Crippen molar-refractivity contribution >= 4 is 22.3 Å². The lowest BCUT2D eigenvalue weighted by atomic mass is 9.77. The van der Waals surface area contributed by atoms with Gasteiger partial charge in [-0.25, -0.2) is 0 Å². The molecule has 0 saturated heterocycles. The summed E-state index contributed by atoms with van der Waals surface area (Å²) in [5.74, 6) is 0. The van der Waals surface area contributed by atoms with E-state index in [1.807, 2.05) is 0 Å². The Morgan fingerprint density at radius 3 is 1.19 bits per heavy atom. The van der Waals surface area contributed by atoms with Gasteiger partial charge in [-0.15, -0.1) is 0 Å². The normalized spacial score (nSPS) is 19.1. The van der Waals surface area contributed by atoms with Gasteiger partial charge in [-0.3, -0.25) is 0 Å². The first-order valence-corrected chi connectivity index (χ1v) is 15.9. The molecule has 0 aromatic heterocycles. The molecule has 200 valence electrons. The fraction of sp³-hybridized carbons (Fsp3) is 0.190. The van der Waals surface area contributed by atoms with Crippen LogP contribution >= 0.6 is 0 Å². The van der Waals surface area contributed by atoms with Gasteiger partial charge in [0.2, 0.25) is 0 Å². The van der Waals surface area contributed by atoms with Crippen LogP contribution in [0.25, 0.3) is 44.5 Å². The van der Waals surface area contributed by atoms with Crippen LogP contribution in [0.3, 0.4) is 0 Å². The standard InChI is InChI=1S/C42H32/c1-3-9-33-31(7-1)37-13-5-11-35-29(19-21-39(33)41(35)37)27-17-15-26-24-28(18-16-25(26)23-27)30-20-22-40-34-10-4-2-8-32(34)38-14-6-12-36(30)42(38)40/h1-14,23-24H,15-22H2. The number of fused-ring (bicyclic) bond motifs is 6. The zero-order chi connectivity index (χ0) is 27.4. The third kappa shape index (κ3) is 3.08. The molecule has 0 unspecified atom stereocenters. The Balaban J connectivity index is 1.09. The maximum atomic E-state index is 2.60. The number of benzene rings is 4. The molecular weight excluding hydrogens is 504 g/mol. The van der Waals surface area contributed by atoms with E-state index in [1.165, 1.54) is 67.1 Å². The monoisotopic (exact) mass is 536 g/mol. The summed E-state index contributed by atoms with van der Waals surface area (Å²) in [6, 6.07) is 32.1. The van der Waals surface area contributed by atoms with Crippen LogP contribution in [0.15, 0.2) is 119 Å². The largest absolute Gasteiger partial charge is 0.0616 e. The summed E-state index contributed by atoms with van der Waals surface area (Å²) in [6.07, 6.45) is 14.5. The quantitative estimate of drug-likeness (QED) is 0.251. The van der Waals surface area contributed by atoms with Gasteiger partial charge < -0.3 is 0 Å². The van der Waals surface area contributed by atoms with Crippen molar-refractivity contribution in [2.75, 3.05) is 0 Å². The van der Waals surface area contributed by atoms with Gasteiger partial charge >= 0.3 is 0 Å². The third-order valence-electron chi connectivity index (χ3n) is 10.9. The van der Waals surface area contributed by atoms with Crippen LogP contribution in [-0.2, 0) is 0 Å². The van der Waals surface area contributed by atoms with Crippen molar-refractivity contribution in [3.8, 4) is 22.3 Å². The molecule has 6 aliphatic carbocycles. The highest BCUT2D eigenvalue weighted by molar-refractivity contribution is 5.93. The topological polar surface area (TPSA) is 0 Å². The summed E-state index contributed by atoms with van der Waals surface area (Å²) in [5.41, 5.74) is 21.4. The van der Waals surface area contributed by atoms with Gasteiger partial charge in [0.05, 0.1) is 0 Å². The maximum absolute atomic E-state index is 2.60. The Bertz CT molecular complexity index is 2120. The predicted octanol–water partition coefficient (Wildman–Crippen LogP) is 7.37. The van der Waals surface area contributed by atoms with E-state index in [4.69, 9.17) is 0 Å². The second-order valence-electron chi connectivity index (χ2n) is 12.9. The van der Waals surface area contributed by atoms with Crippen LogP contribution in [0.5, 0.6) is 0 Å². The first-order chi connectivity index (χ1) is 20.8. The summed E-state index contributed by atoms with van der Waals surface area (Å²) in [7, 11) is 0. The second kappa shape index (κ2) is 8.55. The van der Waals surface area contributed by atoms with Crippen LogP contribution in [0.2, 0.25) is 0 Å². The van der Waals surface area contributed by atoms with Gasteiger partial charge in [0.15, 0.2) is 0 Å². The van der Waals surface area contributed by atoms with Gasteiger partial charge in [0, 0.05) is 0 Å². The zero-order valence-corrected chi connectivity index (χ0v) is 23.9. The molecule has 0 heteroatoms. The Labute approximate surface area is 246 Å². The van der Waals surface area contributed by atoms with Gasteiger partial charge in [-0.1, -0.05) is 97.1 Å². The summed E-state index contributed by atoms with van der Waals surface area (Å²) in [4.78, 5) is 0. The molecule has 0 atom stereocenters. The number of hydrogen-bond acceptors (Lipinski definition) is 0. The van der Waals surface area contributed by atoms with Crippen molar-refractivity contribution < 1.29 is 0 Å². The first-order valence-electron chi connectivity index (χ1n) is 15.9. The molecule has 42 heavy (non-hydrogen) atoms. The van der Waals surface area contributed by atoms with Gasteiger partial charge in [0.25, 0.3) is 0 Å². The van der Waals surface area contributed by atoms with Crippen molar-refractivity contribution in [1.29, 1.82) is 0 Å². The van der Waals surface area contributed by atoms with Crippen LogP contribution in [0.1, 0.15) is 62.5 Å². The molecule has 0 heterocycles. The lowest BCUT2D eigenvalue weighted by molar-refractivity contribution is 0.838. The van der Waals surface area contributed by atoms with E-state index in [0.29, 0.717) is 0 Å². The van der Waals surface area contributed by atoms with Crippen LogP contribution in [-0.4, -0.2) is 0 Å². The lowest BCUT2D eigenvalue weighted by Crippen LogP contribution is -2.33. The van der Waals surface area contributed by atoms with Crippen molar-refractivity contribution in [3.63, 3.8) is 0 Å².